The van der Waals surface area contributed by atoms with Crippen molar-refractivity contribution < 1.29 is 17.6 Å². The molecule has 0 N–H and O–H groups in total. The van der Waals surface area contributed by atoms with Gasteiger partial charge >= 0.3 is 0 Å². The molecule has 2 aromatic rings. The summed E-state index contributed by atoms with van der Waals surface area (Å²) >= 11 is 0. The number of hydrogen-bond acceptors (Lipinski definition) is 4. The van der Waals surface area contributed by atoms with Crippen LogP contribution in [-0.2, 0) is 16.3 Å². The van der Waals surface area contributed by atoms with Gasteiger partial charge in [-0.25, -0.2) is 8.42 Å². The predicted octanol–water partition coefficient (Wildman–Crippen LogP) is 2.61. The van der Waals surface area contributed by atoms with E-state index in [4.69, 9.17) is 4.42 Å². The topological polar surface area (TPSA) is 64.3 Å². The van der Waals surface area contributed by atoms with E-state index in [1.54, 1.807) is 18.2 Å². The van der Waals surface area contributed by atoms with Crippen molar-refractivity contribution in [2.24, 2.45) is 0 Å². The SMILES string of the molecule is CCc1oc2ccccc2c1C(=O)C(C)S(C)(=O)=O. The van der Waals surface area contributed by atoms with E-state index in [2.05, 4.69) is 0 Å². The minimum absolute atomic E-state index is 0.399. The summed E-state index contributed by atoms with van der Waals surface area (Å²) in [7, 11) is -3.41. The van der Waals surface area contributed by atoms with Crippen LogP contribution in [0.1, 0.15) is 30.0 Å². The molecule has 0 aliphatic carbocycles. The van der Waals surface area contributed by atoms with Crippen molar-refractivity contribution in [3.05, 3.63) is 35.6 Å². The van der Waals surface area contributed by atoms with Crippen molar-refractivity contribution >= 4 is 26.6 Å². The molecule has 5 heteroatoms. The Morgan fingerprint density at radius 1 is 1.32 bits per heavy atom. The van der Waals surface area contributed by atoms with Crippen LogP contribution >= 0.6 is 0 Å². The lowest BCUT2D eigenvalue weighted by Gasteiger charge is -2.08. The molecular formula is C14H16O4S. The number of rotatable bonds is 4. The summed E-state index contributed by atoms with van der Waals surface area (Å²) in [6, 6.07) is 7.18. The third kappa shape index (κ3) is 2.42. The second-order valence-electron chi connectivity index (χ2n) is 4.59. The number of sulfone groups is 1. The third-order valence-electron chi connectivity index (χ3n) is 3.25. The van der Waals surface area contributed by atoms with Gasteiger partial charge in [0.1, 0.15) is 16.6 Å². The Morgan fingerprint density at radius 3 is 2.53 bits per heavy atom. The van der Waals surface area contributed by atoms with Crippen LogP contribution < -0.4 is 0 Å². The van der Waals surface area contributed by atoms with E-state index in [0.29, 0.717) is 28.7 Å². The quantitative estimate of drug-likeness (QED) is 0.807. The maximum absolute atomic E-state index is 12.4. The van der Waals surface area contributed by atoms with Crippen LogP contribution in [0.5, 0.6) is 0 Å². The number of carbonyl (C=O) groups is 1. The lowest BCUT2D eigenvalue weighted by Crippen LogP contribution is -2.26. The molecule has 0 aliphatic rings. The molecule has 0 fully saturated rings. The molecule has 1 aromatic heterocycles. The van der Waals surface area contributed by atoms with E-state index in [1.807, 2.05) is 13.0 Å². The maximum Gasteiger partial charge on any atom is 0.184 e. The van der Waals surface area contributed by atoms with Gasteiger partial charge in [-0.05, 0) is 13.0 Å². The van der Waals surface area contributed by atoms with Gasteiger partial charge in [0.2, 0.25) is 0 Å². The number of carbonyl (C=O) groups excluding carboxylic acids is 1. The summed E-state index contributed by atoms with van der Waals surface area (Å²) in [6.45, 7) is 3.29. The smallest absolute Gasteiger partial charge is 0.184 e. The molecule has 0 spiro atoms. The highest BCUT2D eigenvalue weighted by Gasteiger charge is 2.29. The fourth-order valence-electron chi connectivity index (χ4n) is 2.01. The Kier molecular flexibility index (Phi) is 3.49. The van der Waals surface area contributed by atoms with Gasteiger partial charge in [0, 0.05) is 18.1 Å². The normalized spacial score (nSPS) is 13.6. The van der Waals surface area contributed by atoms with Crippen LogP contribution in [-0.4, -0.2) is 25.7 Å². The monoisotopic (exact) mass is 280 g/mol. The highest BCUT2D eigenvalue weighted by atomic mass is 32.2. The van der Waals surface area contributed by atoms with Crippen molar-refractivity contribution in [2.45, 2.75) is 25.5 Å². The Morgan fingerprint density at radius 2 is 1.95 bits per heavy atom. The second kappa shape index (κ2) is 4.81. The second-order valence-corrected chi connectivity index (χ2v) is 6.95. The molecule has 0 aliphatic heterocycles. The molecule has 4 nitrogen and oxygen atoms in total. The highest BCUT2D eigenvalue weighted by Crippen LogP contribution is 2.28. The van der Waals surface area contributed by atoms with Crippen LogP contribution in [0.4, 0.5) is 0 Å². The van der Waals surface area contributed by atoms with Crippen molar-refractivity contribution in [3.8, 4) is 0 Å². The summed E-state index contributed by atoms with van der Waals surface area (Å²) in [6.07, 6.45) is 1.62. The number of benzene rings is 1. The first kappa shape index (κ1) is 13.8. The zero-order valence-corrected chi connectivity index (χ0v) is 12.0. The first-order valence-corrected chi connectivity index (χ1v) is 8.05. The lowest BCUT2D eigenvalue weighted by molar-refractivity contribution is 0.0991. The van der Waals surface area contributed by atoms with Gasteiger partial charge in [-0.3, -0.25) is 4.79 Å². The molecule has 1 unspecified atom stereocenters. The van der Waals surface area contributed by atoms with Gasteiger partial charge in [-0.2, -0.15) is 0 Å². The molecule has 0 saturated heterocycles. The first-order valence-electron chi connectivity index (χ1n) is 6.09. The largest absolute Gasteiger partial charge is 0.460 e. The average molecular weight is 280 g/mol. The zero-order chi connectivity index (χ0) is 14.2. The minimum Gasteiger partial charge on any atom is -0.460 e. The summed E-state index contributed by atoms with van der Waals surface area (Å²) in [5.41, 5.74) is 1.01. The van der Waals surface area contributed by atoms with Crippen LogP contribution in [0.3, 0.4) is 0 Å². The van der Waals surface area contributed by atoms with Crippen molar-refractivity contribution in [1.82, 2.24) is 0 Å². The number of furan rings is 1. The van der Waals surface area contributed by atoms with E-state index in [9.17, 15) is 13.2 Å². The molecule has 0 radical (unpaired) electrons. The summed E-state index contributed by atoms with van der Waals surface area (Å²) in [4.78, 5) is 12.4. The number of fused-ring (bicyclic) bond motifs is 1. The highest BCUT2D eigenvalue weighted by molar-refractivity contribution is 7.92. The van der Waals surface area contributed by atoms with Gasteiger partial charge in [-0.1, -0.05) is 25.1 Å². The number of aryl methyl sites for hydroxylation is 1. The Labute approximate surface area is 112 Å². The molecule has 0 amide bonds. The predicted molar refractivity (Wildman–Crippen MR) is 74.2 cm³/mol. The maximum atomic E-state index is 12.4. The van der Waals surface area contributed by atoms with E-state index < -0.39 is 20.9 Å². The molecule has 102 valence electrons. The number of para-hydroxylation sites is 1. The molecular weight excluding hydrogens is 264 g/mol. The van der Waals surface area contributed by atoms with Crippen LogP contribution in [0, 0.1) is 0 Å². The van der Waals surface area contributed by atoms with E-state index in [1.165, 1.54) is 6.92 Å². The number of hydrogen-bond donors (Lipinski definition) is 0. The van der Waals surface area contributed by atoms with Gasteiger partial charge in [0.15, 0.2) is 15.6 Å². The average Bonchev–Trinajstić information content (AvgIpc) is 2.74. The van der Waals surface area contributed by atoms with Crippen LogP contribution in [0.15, 0.2) is 28.7 Å². The standard InChI is InChI=1S/C14H16O4S/c1-4-11-13(14(15)9(2)19(3,16)17)10-7-5-6-8-12(10)18-11/h5-9H,4H2,1-3H3. The Hall–Kier alpha value is -1.62. The summed E-state index contributed by atoms with van der Waals surface area (Å²) < 4.78 is 28.7. The molecule has 1 heterocycles. The number of Topliss-reactive ketones (excluding diaryl/α,β-unsaturated/α-hetero) is 1. The molecule has 19 heavy (non-hydrogen) atoms. The minimum atomic E-state index is -3.41. The Bertz CT molecular complexity index is 725. The zero-order valence-electron chi connectivity index (χ0n) is 11.1. The fraction of sp³-hybridized carbons (Fsp3) is 0.357. The molecule has 1 atom stereocenters. The number of ketones is 1. The third-order valence-corrected chi connectivity index (χ3v) is 4.75. The van der Waals surface area contributed by atoms with Gasteiger partial charge in [0.05, 0.1) is 5.56 Å². The summed E-state index contributed by atoms with van der Waals surface area (Å²) in [5.74, 6) is 0.144. The van der Waals surface area contributed by atoms with Gasteiger partial charge in [-0.15, -0.1) is 0 Å². The van der Waals surface area contributed by atoms with Crippen molar-refractivity contribution in [1.29, 1.82) is 0 Å². The first-order chi connectivity index (χ1) is 8.86. The van der Waals surface area contributed by atoms with E-state index >= 15 is 0 Å². The molecule has 2 rings (SSSR count). The molecule has 0 bridgehead atoms. The summed E-state index contributed by atoms with van der Waals surface area (Å²) in [5, 5.41) is -0.376. The fourth-order valence-corrected chi connectivity index (χ4v) is 2.52. The van der Waals surface area contributed by atoms with Crippen molar-refractivity contribution in [2.75, 3.05) is 6.26 Å². The van der Waals surface area contributed by atoms with Gasteiger partial charge < -0.3 is 4.42 Å². The lowest BCUT2D eigenvalue weighted by atomic mass is 10.0. The van der Waals surface area contributed by atoms with E-state index in [-0.39, 0.29) is 0 Å². The van der Waals surface area contributed by atoms with Crippen LogP contribution in [0.25, 0.3) is 11.0 Å². The van der Waals surface area contributed by atoms with E-state index in [0.717, 1.165) is 6.26 Å². The van der Waals surface area contributed by atoms with Gasteiger partial charge in [0.25, 0.3) is 0 Å². The Balaban J connectivity index is 2.64. The van der Waals surface area contributed by atoms with Crippen LogP contribution in [0.2, 0.25) is 0 Å². The molecule has 1 aromatic carbocycles. The van der Waals surface area contributed by atoms with Crippen molar-refractivity contribution in [3.63, 3.8) is 0 Å². The molecule has 0 saturated carbocycles.